The Bertz CT molecular complexity index is 1230. The van der Waals surface area contributed by atoms with E-state index in [1.165, 1.54) is 0 Å². The molecule has 0 unspecified atom stereocenters. The van der Waals surface area contributed by atoms with Crippen LogP contribution in [0.3, 0.4) is 0 Å². The lowest BCUT2D eigenvalue weighted by Crippen LogP contribution is -2.12. The maximum atomic E-state index is 12.2. The number of carbonyl (C=O) groups excluding carboxylic acids is 1. The van der Waals surface area contributed by atoms with Gasteiger partial charge in [0.15, 0.2) is 5.65 Å². The average molecular weight is 431 g/mol. The molecule has 2 fully saturated rings. The van der Waals surface area contributed by atoms with Crippen LogP contribution in [-0.4, -0.2) is 44.9 Å². The van der Waals surface area contributed by atoms with E-state index in [0.717, 1.165) is 41.2 Å². The highest BCUT2D eigenvalue weighted by Crippen LogP contribution is 2.31. The molecule has 1 aromatic carbocycles. The van der Waals surface area contributed by atoms with Crippen LogP contribution < -0.4 is 15.4 Å². The Balaban J connectivity index is 1.56. The lowest BCUT2D eigenvalue weighted by Gasteiger charge is -2.11. The summed E-state index contributed by atoms with van der Waals surface area (Å²) in [5, 5.41) is 19.8. The predicted molar refractivity (Wildman–Crippen MR) is 122 cm³/mol. The number of nitrogens with one attached hydrogen (secondary N) is 2. The molecule has 5 rings (SSSR count). The number of anilines is 1. The third-order valence-corrected chi connectivity index (χ3v) is 5.44. The van der Waals surface area contributed by atoms with E-state index in [-0.39, 0.29) is 12.5 Å². The summed E-state index contributed by atoms with van der Waals surface area (Å²) < 4.78 is 7.53. The first-order chi connectivity index (χ1) is 15.6. The molecule has 1 aliphatic heterocycles. The van der Waals surface area contributed by atoms with Crippen molar-refractivity contribution < 1.29 is 14.6 Å². The molecule has 0 radical (unpaired) electrons. The van der Waals surface area contributed by atoms with Gasteiger partial charge in [-0.25, -0.2) is 4.98 Å². The van der Waals surface area contributed by atoms with Crippen molar-refractivity contribution in [2.24, 2.45) is 0 Å². The minimum absolute atomic E-state index is 0.0962. The Kier molecular flexibility index (Phi) is 5.36. The van der Waals surface area contributed by atoms with Crippen molar-refractivity contribution in [3.05, 3.63) is 59.9 Å². The van der Waals surface area contributed by atoms with Crippen molar-refractivity contribution in [2.75, 3.05) is 18.5 Å². The van der Waals surface area contributed by atoms with Gasteiger partial charge in [0.25, 0.3) is 5.91 Å². The number of aliphatic hydroxyl groups excluding tert-OH is 1. The number of ether oxygens (including phenoxy) is 1. The molecule has 2 aromatic heterocycles. The number of aliphatic hydroxyl groups is 1. The molecule has 8 nitrogen and oxygen atoms in total. The van der Waals surface area contributed by atoms with Gasteiger partial charge in [0.05, 0.1) is 18.5 Å². The second-order valence-corrected chi connectivity index (χ2v) is 8.14. The van der Waals surface area contributed by atoms with Crippen LogP contribution in [-0.2, 0) is 4.79 Å². The van der Waals surface area contributed by atoms with Crippen molar-refractivity contribution in [3.8, 4) is 17.0 Å². The highest BCUT2D eigenvalue weighted by atomic mass is 16.5. The predicted octanol–water partition coefficient (Wildman–Crippen LogP) is 3.15. The zero-order valence-electron chi connectivity index (χ0n) is 17.7. The molecule has 3 heterocycles. The van der Waals surface area contributed by atoms with E-state index in [2.05, 4.69) is 22.3 Å². The molecule has 0 atom stereocenters. The topological polar surface area (TPSA) is 101 Å². The van der Waals surface area contributed by atoms with Crippen LogP contribution in [0.4, 0.5) is 5.82 Å². The summed E-state index contributed by atoms with van der Waals surface area (Å²) in [4.78, 5) is 17.1. The maximum absolute atomic E-state index is 12.2. The van der Waals surface area contributed by atoms with Crippen LogP contribution in [0.2, 0.25) is 0 Å². The first-order valence-electron chi connectivity index (χ1n) is 10.8. The molecule has 3 aromatic rings. The SMILES string of the molecule is C=C1C/C(=C\c2cnn3c(NC4CC4)cc(-c4cccc(OCCCO)c4)nc23)C(=O)N1. The van der Waals surface area contributed by atoms with Crippen LogP contribution in [0.25, 0.3) is 23.0 Å². The van der Waals surface area contributed by atoms with Crippen molar-refractivity contribution >= 4 is 23.4 Å². The van der Waals surface area contributed by atoms with Gasteiger partial charge in [-0.05, 0) is 31.1 Å². The van der Waals surface area contributed by atoms with E-state index in [4.69, 9.17) is 14.8 Å². The number of rotatable bonds is 8. The summed E-state index contributed by atoms with van der Waals surface area (Å²) in [5.41, 5.74) is 4.50. The quantitative estimate of drug-likeness (QED) is 0.374. The molecule has 0 spiro atoms. The van der Waals surface area contributed by atoms with E-state index in [9.17, 15) is 4.79 Å². The largest absolute Gasteiger partial charge is 0.493 e. The molecule has 0 bridgehead atoms. The number of amides is 1. The van der Waals surface area contributed by atoms with Gasteiger partial charge in [-0.3, -0.25) is 4.79 Å². The van der Waals surface area contributed by atoms with Crippen LogP contribution in [0.15, 0.2) is 54.4 Å². The average Bonchev–Trinajstić information content (AvgIpc) is 3.42. The first kappa shape index (κ1) is 20.3. The molecule has 1 saturated carbocycles. The molecule has 164 valence electrons. The number of nitrogens with zero attached hydrogens (tertiary/aromatic N) is 3. The van der Waals surface area contributed by atoms with Gasteiger partial charge in [-0.2, -0.15) is 9.61 Å². The Labute approximate surface area is 185 Å². The van der Waals surface area contributed by atoms with Crippen LogP contribution >= 0.6 is 0 Å². The number of allylic oxidation sites excluding steroid dienone is 1. The van der Waals surface area contributed by atoms with Gasteiger partial charge in [-0.15, -0.1) is 0 Å². The third kappa shape index (κ3) is 4.22. The standard InChI is InChI=1S/C24H25N5O3/c1-15-10-17(24(31)26-15)11-18-14-25-29-22(27-19-6-7-19)13-21(28-23(18)29)16-4-2-5-20(12-16)32-9-3-8-30/h2,4-5,11-14,19,27,30H,1,3,6-10H2,(H,26,31)/b17-11+. The van der Waals surface area contributed by atoms with E-state index in [1.54, 1.807) is 10.7 Å². The van der Waals surface area contributed by atoms with Crippen molar-refractivity contribution in [1.82, 2.24) is 19.9 Å². The molecule has 8 heteroatoms. The molecule has 1 aliphatic carbocycles. The molecular formula is C24H25N5O3. The molecule has 1 saturated heterocycles. The smallest absolute Gasteiger partial charge is 0.251 e. The zero-order chi connectivity index (χ0) is 22.1. The highest BCUT2D eigenvalue weighted by molar-refractivity contribution is 6.02. The number of hydrogen-bond acceptors (Lipinski definition) is 6. The summed E-state index contributed by atoms with van der Waals surface area (Å²) in [5.74, 6) is 1.46. The van der Waals surface area contributed by atoms with E-state index >= 15 is 0 Å². The fraction of sp³-hybridized carbons (Fsp3) is 0.292. The molecule has 32 heavy (non-hydrogen) atoms. The molecule has 3 N–H and O–H groups in total. The zero-order valence-corrected chi connectivity index (χ0v) is 17.7. The number of aromatic nitrogens is 3. The Hall–Kier alpha value is -3.65. The fourth-order valence-corrected chi connectivity index (χ4v) is 3.67. The third-order valence-electron chi connectivity index (χ3n) is 5.44. The number of fused-ring (bicyclic) bond motifs is 1. The van der Waals surface area contributed by atoms with Gasteiger partial charge in [0.2, 0.25) is 0 Å². The van der Waals surface area contributed by atoms with Crippen LogP contribution in [0.5, 0.6) is 5.75 Å². The van der Waals surface area contributed by atoms with E-state index < -0.39 is 0 Å². The van der Waals surface area contributed by atoms with Gasteiger partial charge < -0.3 is 20.5 Å². The van der Waals surface area contributed by atoms with Crippen molar-refractivity contribution in [3.63, 3.8) is 0 Å². The minimum atomic E-state index is -0.130. The first-order valence-corrected chi connectivity index (χ1v) is 10.8. The lowest BCUT2D eigenvalue weighted by molar-refractivity contribution is -0.115. The summed E-state index contributed by atoms with van der Waals surface area (Å²) in [6, 6.07) is 10.2. The normalized spacial score (nSPS) is 17.2. The summed E-state index contributed by atoms with van der Waals surface area (Å²) in [7, 11) is 0. The highest BCUT2D eigenvalue weighted by Gasteiger charge is 2.24. The van der Waals surface area contributed by atoms with Gasteiger partial charge >= 0.3 is 0 Å². The fourth-order valence-electron chi connectivity index (χ4n) is 3.67. The van der Waals surface area contributed by atoms with Gasteiger partial charge in [0, 0.05) is 54.0 Å². The van der Waals surface area contributed by atoms with Crippen molar-refractivity contribution in [1.29, 1.82) is 0 Å². The minimum Gasteiger partial charge on any atom is -0.493 e. The molecule has 2 aliphatic rings. The Morgan fingerprint density at radius 2 is 2.22 bits per heavy atom. The number of carbonyl (C=O) groups is 1. The van der Waals surface area contributed by atoms with E-state index in [0.29, 0.717) is 42.4 Å². The van der Waals surface area contributed by atoms with Crippen molar-refractivity contribution in [2.45, 2.75) is 31.7 Å². The van der Waals surface area contributed by atoms with E-state index in [1.807, 2.05) is 36.4 Å². The number of benzene rings is 1. The second-order valence-electron chi connectivity index (χ2n) is 8.14. The second kappa shape index (κ2) is 8.47. The maximum Gasteiger partial charge on any atom is 0.251 e. The Morgan fingerprint density at radius 3 is 2.97 bits per heavy atom. The van der Waals surface area contributed by atoms with Gasteiger partial charge in [0.1, 0.15) is 11.6 Å². The summed E-state index contributed by atoms with van der Waals surface area (Å²) in [6.07, 6.45) is 6.91. The lowest BCUT2D eigenvalue weighted by atomic mass is 10.1. The summed E-state index contributed by atoms with van der Waals surface area (Å²) >= 11 is 0. The molecule has 1 amide bonds. The summed E-state index contributed by atoms with van der Waals surface area (Å²) in [6.45, 7) is 4.39. The molecular weight excluding hydrogens is 406 g/mol. The Morgan fingerprint density at radius 1 is 1.34 bits per heavy atom. The monoisotopic (exact) mass is 431 g/mol. The van der Waals surface area contributed by atoms with Crippen LogP contribution in [0.1, 0.15) is 31.2 Å². The number of hydrogen-bond donors (Lipinski definition) is 3. The van der Waals surface area contributed by atoms with Gasteiger partial charge in [-0.1, -0.05) is 18.7 Å². The van der Waals surface area contributed by atoms with Crippen LogP contribution in [0, 0.1) is 0 Å².